The molecule has 0 spiro atoms. The number of alkyl carbamates (subject to hydrolysis) is 1. The predicted octanol–water partition coefficient (Wildman–Crippen LogP) is 4.59. The van der Waals surface area contributed by atoms with Gasteiger partial charge in [-0.05, 0) is 52.0 Å². The number of carbonyl (C=O) groups excluding carboxylic acids is 3. The van der Waals surface area contributed by atoms with Crippen LogP contribution in [0.4, 0.5) is 4.79 Å². The van der Waals surface area contributed by atoms with Crippen molar-refractivity contribution >= 4 is 17.9 Å². The second kappa shape index (κ2) is 12.3. The minimum absolute atomic E-state index is 0.0175. The Morgan fingerprint density at radius 2 is 1.80 bits per heavy atom. The molecule has 1 saturated carbocycles. The Hall–Kier alpha value is -2.77. The van der Waals surface area contributed by atoms with Gasteiger partial charge in [0.15, 0.2) is 0 Å². The van der Waals surface area contributed by atoms with Crippen molar-refractivity contribution in [3.63, 3.8) is 0 Å². The summed E-state index contributed by atoms with van der Waals surface area (Å²) < 4.78 is 5.38. The van der Waals surface area contributed by atoms with Gasteiger partial charge >= 0.3 is 6.09 Å². The number of aryl methyl sites for hydroxylation is 1. The summed E-state index contributed by atoms with van der Waals surface area (Å²) in [5.41, 5.74) is 0.257. The van der Waals surface area contributed by atoms with Crippen molar-refractivity contribution in [3.05, 3.63) is 29.3 Å². The van der Waals surface area contributed by atoms with Gasteiger partial charge in [0.2, 0.25) is 11.8 Å². The fraction of sp³-hybridized carbons (Fsp3) is 0.667. The summed E-state index contributed by atoms with van der Waals surface area (Å²) in [5, 5.41) is 16.6. The number of nitrogens with zero attached hydrogens (tertiary/aromatic N) is 1. The summed E-state index contributed by atoms with van der Waals surface area (Å²) in [6.07, 6.45) is 4.99. The van der Waals surface area contributed by atoms with Gasteiger partial charge in [0, 0.05) is 18.7 Å². The van der Waals surface area contributed by atoms with E-state index in [0.717, 1.165) is 32.1 Å². The van der Waals surface area contributed by atoms with E-state index in [2.05, 4.69) is 10.6 Å². The van der Waals surface area contributed by atoms with Gasteiger partial charge in [0.05, 0.1) is 0 Å². The number of aromatic hydroxyl groups is 1. The Labute approximate surface area is 209 Å². The van der Waals surface area contributed by atoms with Gasteiger partial charge in [-0.15, -0.1) is 0 Å². The highest BCUT2D eigenvalue weighted by Gasteiger charge is 2.38. The summed E-state index contributed by atoms with van der Waals surface area (Å²) in [5.74, 6) is -0.981. The highest BCUT2D eigenvalue weighted by molar-refractivity contribution is 5.92. The van der Waals surface area contributed by atoms with Crippen molar-refractivity contribution in [2.24, 2.45) is 5.92 Å². The first-order valence-electron chi connectivity index (χ1n) is 12.7. The molecule has 1 aliphatic carbocycles. The summed E-state index contributed by atoms with van der Waals surface area (Å²) in [4.78, 5) is 41.2. The van der Waals surface area contributed by atoms with Crippen molar-refractivity contribution in [1.29, 1.82) is 0 Å². The SMILES string of the molecule is CCC(C)C(NC(=O)OC(C)(C)C)C(=O)N(C)C(C(=O)NC1CCCCC1)c1cccc(C)c1O. The minimum Gasteiger partial charge on any atom is -0.507 e. The fourth-order valence-electron chi connectivity index (χ4n) is 4.42. The Balaban J connectivity index is 2.38. The Kier molecular flexibility index (Phi) is 9.98. The topological polar surface area (TPSA) is 108 Å². The first kappa shape index (κ1) is 28.5. The van der Waals surface area contributed by atoms with Gasteiger partial charge in [-0.25, -0.2) is 4.79 Å². The molecular weight excluding hydrogens is 446 g/mol. The number of phenolic OH excluding ortho intramolecular Hbond substituents is 1. The lowest BCUT2D eigenvalue weighted by Crippen LogP contribution is -2.54. The second-order valence-corrected chi connectivity index (χ2v) is 10.7. The molecular formula is C27H43N3O5. The van der Waals surface area contributed by atoms with E-state index in [-0.39, 0.29) is 23.6 Å². The van der Waals surface area contributed by atoms with Crippen LogP contribution in [0.5, 0.6) is 5.75 Å². The van der Waals surface area contributed by atoms with E-state index in [1.54, 1.807) is 52.9 Å². The van der Waals surface area contributed by atoms with E-state index < -0.39 is 29.7 Å². The average molecular weight is 490 g/mol. The molecule has 1 fully saturated rings. The minimum atomic E-state index is -1.05. The molecule has 1 aliphatic rings. The van der Waals surface area contributed by atoms with Gasteiger partial charge < -0.3 is 25.4 Å². The molecule has 0 aromatic heterocycles. The Morgan fingerprint density at radius 3 is 2.37 bits per heavy atom. The smallest absolute Gasteiger partial charge is 0.408 e. The molecule has 0 aliphatic heterocycles. The van der Waals surface area contributed by atoms with Crippen LogP contribution in [0, 0.1) is 12.8 Å². The quantitative estimate of drug-likeness (QED) is 0.495. The highest BCUT2D eigenvalue weighted by Crippen LogP contribution is 2.32. The standard InChI is InChI=1S/C27H43N3O5/c1-8-17(2)21(29-26(34)35-27(4,5)6)25(33)30(7)22(20-16-12-13-18(3)23(20)31)24(32)28-19-14-10-9-11-15-19/h12-13,16-17,19,21-22,31H,8-11,14-15H2,1-7H3,(H,28,32)(H,29,34). The number of hydrogen-bond acceptors (Lipinski definition) is 5. The molecule has 8 nitrogen and oxygen atoms in total. The van der Waals surface area contributed by atoms with Crippen molar-refractivity contribution in [2.75, 3.05) is 7.05 Å². The molecule has 2 rings (SSSR count). The molecule has 3 N–H and O–H groups in total. The Bertz CT molecular complexity index is 889. The van der Waals surface area contributed by atoms with Crippen LogP contribution in [0.25, 0.3) is 0 Å². The first-order valence-corrected chi connectivity index (χ1v) is 12.7. The van der Waals surface area contributed by atoms with Crippen LogP contribution in [-0.4, -0.2) is 52.6 Å². The molecule has 1 aromatic carbocycles. The number of hydrogen-bond donors (Lipinski definition) is 3. The summed E-state index contributed by atoms with van der Waals surface area (Å²) in [6.45, 7) is 10.8. The van der Waals surface area contributed by atoms with Crippen LogP contribution in [0.15, 0.2) is 18.2 Å². The van der Waals surface area contributed by atoms with E-state index in [4.69, 9.17) is 4.74 Å². The zero-order valence-corrected chi connectivity index (χ0v) is 22.3. The van der Waals surface area contributed by atoms with Gasteiger partial charge in [0.25, 0.3) is 0 Å². The largest absolute Gasteiger partial charge is 0.507 e. The number of amides is 3. The normalized spacial score (nSPS) is 17.1. The van der Waals surface area contributed by atoms with Crippen LogP contribution >= 0.6 is 0 Å². The van der Waals surface area contributed by atoms with E-state index in [9.17, 15) is 19.5 Å². The molecule has 0 bridgehead atoms. The van der Waals surface area contributed by atoms with Crippen molar-refractivity contribution in [3.8, 4) is 5.75 Å². The molecule has 196 valence electrons. The van der Waals surface area contributed by atoms with Crippen LogP contribution in [-0.2, 0) is 14.3 Å². The third kappa shape index (κ3) is 7.87. The zero-order chi connectivity index (χ0) is 26.3. The maximum Gasteiger partial charge on any atom is 0.408 e. The van der Waals surface area contributed by atoms with Crippen molar-refractivity contribution in [1.82, 2.24) is 15.5 Å². The number of benzene rings is 1. The monoisotopic (exact) mass is 489 g/mol. The number of para-hydroxylation sites is 1. The second-order valence-electron chi connectivity index (χ2n) is 10.7. The summed E-state index contributed by atoms with van der Waals surface area (Å²) in [6, 6.07) is 3.28. The zero-order valence-electron chi connectivity index (χ0n) is 22.3. The maximum atomic E-state index is 13.7. The van der Waals surface area contributed by atoms with Gasteiger partial charge in [-0.2, -0.15) is 0 Å². The number of rotatable bonds is 8. The molecule has 0 radical (unpaired) electrons. The van der Waals surface area contributed by atoms with Crippen LogP contribution in [0.3, 0.4) is 0 Å². The predicted molar refractivity (Wildman–Crippen MR) is 136 cm³/mol. The maximum absolute atomic E-state index is 13.7. The molecule has 0 heterocycles. The van der Waals surface area contributed by atoms with Gasteiger partial charge in [-0.1, -0.05) is 57.7 Å². The van der Waals surface area contributed by atoms with E-state index in [1.165, 1.54) is 4.90 Å². The molecule has 3 amide bonds. The molecule has 0 saturated heterocycles. The molecule has 35 heavy (non-hydrogen) atoms. The number of likely N-dealkylation sites (N-methyl/N-ethyl adjacent to an activating group) is 1. The lowest BCUT2D eigenvalue weighted by molar-refractivity contribution is -0.142. The Morgan fingerprint density at radius 1 is 1.17 bits per heavy atom. The summed E-state index contributed by atoms with van der Waals surface area (Å²) >= 11 is 0. The van der Waals surface area contributed by atoms with E-state index >= 15 is 0 Å². The third-order valence-corrected chi connectivity index (χ3v) is 6.65. The lowest BCUT2D eigenvalue weighted by atomic mass is 9.93. The van der Waals surface area contributed by atoms with Gasteiger partial charge in [-0.3, -0.25) is 9.59 Å². The van der Waals surface area contributed by atoms with E-state index in [1.807, 2.05) is 13.8 Å². The number of carbonyl (C=O) groups is 3. The lowest BCUT2D eigenvalue weighted by Gasteiger charge is -2.35. The molecule has 3 atom stereocenters. The third-order valence-electron chi connectivity index (χ3n) is 6.65. The molecule has 8 heteroatoms. The first-order chi connectivity index (χ1) is 16.4. The number of nitrogens with one attached hydrogen (secondary N) is 2. The van der Waals surface area contributed by atoms with Crippen LogP contribution in [0.1, 0.15) is 90.3 Å². The number of phenols is 1. The molecule has 1 aromatic rings. The van der Waals surface area contributed by atoms with E-state index in [0.29, 0.717) is 17.5 Å². The van der Waals surface area contributed by atoms with Crippen LogP contribution in [0.2, 0.25) is 0 Å². The highest BCUT2D eigenvalue weighted by atomic mass is 16.6. The summed E-state index contributed by atoms with van der Waals surface area (Å²) in [7, 11) is 1.54. The number of ether oxygens (including phenoxy) is 1. The average Bonchev–Trinajstić information content (AvgIpc) is 2.78. The van der Waals surface area contributed by atoms with Gasteiger partial charge in [0.1, 0.15) is 23.4 Å². The van der Waals surface area contributed by atoms with Crippen molar-refractivity contribution in [2.45, 2.75) is 104 Å². The fourth-order valence-corrected chi connectivity index (χ4v) is 4.42. The van der Waals surface area contributed by atoms with Crippen molar-refractivity contribution < 1.29 is 24.2 Å². The molecule has 3 unspecified atom stereocenters. The van der Waals surface area contributed by atoms with Crippen LogP contribution < -0.4 is 10.6 Å².